The molecule has 4 aliphatic rings. The lowest BCUT2D eigenvalue weighted by Gasteiger charge is -2.56. The highest BCUT2D eigenvalue weighted by Crippen LogP contribution is 2.64. The smallest absolute Gasteiger partial charge is 0.157 e. The van der Waals surface area contributed by atoms with Crippen molar-refractivity contribution in [1.82, 2.24) is 9.78 Å². The summed E-state index contributed by atoms with van der Waals surface area (Å²) in [5.74, 6) is 5.92. The SMILES string of the molecule is CC1CCC2C(CCC3C2CCC2(C)C(C(=O)Cn4cc(C#N)cn4)CCC32)C1.[HH]. The summed E-state index contributed by atoms with van der Waals surface area (Å²) in [6, 6.07) is 2.10. The quantitative estimate of drug-likeness (QED) is 0.681. The van der Waals surface area contributed by atoms with Crippen molar-refractivity contribution in [1.29, 1.82) is 5.26 Å². The Morgan fingerprint density at radius 2 is 2.03 bits per heavy atom. The van der Waals surface area contributed by atoms with Crippen LogP contribution in [0.3, 0.4) is 0 Å². The Morgan fingerprint density at radius 1 is 1.21 bits per heavy atom. The summed E-state index contributed by atoms with van der Waals surface area (Å²) in [5.41, 5.74) is 0.713. The Kier molecular flexibility index (Phi) is 4.84. The molecule has 0 bridgehead atoms. The van der Waals surface area contributed by atoms with Crippen LogP contribution in [0, 0.1) is 58.2 Å². The molecule has 1 aromatic heterocycles. The molecule has 0 radical (unpaired) electrons. The minimum absolute atomic E-state index is 0. The highest BCUT2D eigenvalue weighted by molar-refractivity contribution is 5.82. The van der Waals surface area contributed by atoms with Gasteiger partial charge >= 0.3 is 0 Å². The Bertz CT molecular complexity index is 829. The van der Waals surface area contributed by atoms with Crippen molar-refractivity contribution < 1.29 is 6.22 Å². The van der Waals surface area contributed by atoms with Gasteiger partial charge in [0.15, 0.2) is 5.78 Å². The predicted octanol–water partition coefficient (Wildman–Crippen LogP) is 5.47. The fraction of sp³-hybridized carbons (Fsp3) is 0.800. The molecule has 0 amide bonds. The molecular formula is C25H37N3O. The molecule has 1 heterocycles. The van der Waals surface area contributed by atoms with Crippen LogP contribution in [0.1, 0.15) is 78.6 Å². The molecule has 1 aromatic rings. The van der Waals surface area contributed by atoms with Crippen molar-refractivity contribution in [2.24, 2.45) is 46.8 Å². The van der Waals surface area contributed by atoms with E-state index in [1.54, 1.807) is 17.1 Å². The van der Waals surface area contributed by atoms with Gasteiger partial charge < -0.3 is 0 Å². The van der Waals surface area contributed by atoms with Crippen molar-refractivity contribution in [3.63, 3.8) is 0 Å². The fourth-order valence-electron chi connectivity index (χ4n) is 8.39. The molecule has 8 unspecified atom stereocenters. The van der Waals surface area contributed by atoms with Gasteiger partial charge in [0.05, 0.1) is 18.3 Å². The van der Waals surface area contributed by atoms with Crippen LogP contribution >= 0.6 is 0 Å². The van der Waals surface area contributed by atoms with Crippen LogP contribution in [0.25, 0.3) is 0 Å². The van der Waals surface area contributed by atoms with Crippen LogP contribution in [-0.2, 0) is 11.3 Å². The van der Waals surface area contributed by atoms with Crippen molar-refractivity contribution in [2.45, 2.75) is 78.2 Å². The van der Waals surface area contributed by atoms with Gasteiger partial charge in [-0.1, -0.05) is 20.3 Å². The zero-order valence-electron chi connectivity index (χ0n) is 18.0. The molecule has 0 aromatic carbocycles. The number of hydrogen-bond donors (Lipinski definition) is 0. The Balaban J connectivity index is 0.00000218. The molecule has 0 saturated heterocycles. The van der Waals surface area contributed by atoms with Crippen LogP contribution in [-0.4, -0.2) is 15.6 Å². The molecular weight excluding hydrogens is 358 g/mol. The number of rotatable bonds is 3. The minimum Gasteiger partial charge on any atom is -0.297 e. The lowest BCUT2D eigenvalue weighted by atomic mass is 9.49. The van der Waals surface area contributed by atoms with E-state index in [0.717, 1.165) is 41.9 Å². The lowest BCUT2D eigenvalue weighted by molar-refractivity contribution is -0.131. The number of aromatic nitrogens is 2. The van der Waals surface area contributed by atoms with E-state index in [0.29, 0.717) is 17.9 Å². The maximum Gasteiger partial charge on any atom is 0.157 e. The van der Waals surface area contributed by atoms with Crippen molar-refractivity contribution >= 4 is 5.78 Å². The van der Waals surface area contributed by atoms with E-state index in [1.165, 1.54) is 51.4 Å². The Hall–Kier alpha value is -1.63. The lowest BCUT2D eigenvalue weighted by Crippen LogP contribution is -2.49. The number of nitriles is 1. The number of Topliss-reactive ketones (excluding diaryl/α,β-unsaturated/α-hetero) is 1. The summed E-state index contributed by atoms with van der Waals surface area (Å²) >= 11 is 0. The third-order valence-electron chi connectivity index (χ3n) is 9.69. The van der Waals surface area contributed by atoms with E-state index in [2.05, 4.69) is 25.0 Å². The van der Waals surface area contributed by atoms with E-state index in [4.69, 9.17) is 5.26 Å². The second-order valence-electron chi connectivity index (χ2n) is 11.0. The number of carbonyl (C=O) groups excluding carboxylic acids is 1. The maximum absolute atomic E-state index is 13.3. The molecule has 4 aliphatic carbocycles. The average Bonchev–Trinajstić information content (AvgIpc) is 3.30. The number of nitrogens with zero attached hydrogens (tertiary/aromatic N) is 3. The largest absolute Gasteiger partial charge is 0.297 e. The highest BCUT2D eigenvalue weighted by atomic mass is 16.1. The van der Waals surface area contributed by atoms with E-state index in [-0.39, 0.29) is 12.8 Å². The van der Waals surface area contributed by atoms with E-state index in [9.17, 15) is 4.79 Å². The molecule has 4 nitrogen and oxygen atoms in total. The average molecular weight is 396 g/mol. The standard InChI is InChI=1S/C25H35N3O.H2/c1-16-3-5-19-18(11-16)4-6-21-20(19)9-10-25(2)22(21)7-8-23(25)24(29)15-28-14-17(12-26)13-27-28;/h13-14,16,18-23H,3-11,15H2,1-2H3;1H. The van der Waals surface area contributed by atoms with Crippen molar-refractivity contribution in [3.8, 4) is 6.07 Å². The van der Waals surface area contributed by atoms with Gasteiger partial charge in [-0.05, 0) is 92.3 Å². The fourth-order valence-corrected chi connectivity index (χ4v) is 8.39. The predicted molar refractivity (Wildman–Crippen MR) is 114 cm³/mol. The van der Waals surface area contributed by atoms with E-state index in [1.807, 2.05) is 0 Å². The zero-order valence-corrected chi connectivity index (χ0v) is 18.0. The van der Waals surface area contributed by atoms with Gasteiger partial charge in [-0.25, -0.2) is 0 Å². The first-order valence-corrected chi connectivity index (χ1v) is 11.9. The monoisotopic (exact) mass is 395 g/mol. The first-order valence-electron chi connectivity index (χ1n) is 11.9. The molecule has 4 fully saturated rings. The van der Waals surface area contributed by atoms with E-state index < -0.39 is 0 Å². The van der Waals surface area contributed by atoms with E-state index >= 15 is 0 Å². The van der Waals surface area contributed by atoms with Crippen LogP contribution in [0.4, 0.5) is 0 Å². The van der Waals surface area contributed by atoms with Gasteiger partial charge in [0.1, 0.15) is 6.07 Å². The van der Waals surface area contributed by atoms with Gasteiger partial charge in [0.2, 0.25) is 0 Å². The summed E-state index contributed by atoms with van der Waals surface area (Å²) in [6.45, 7) is 5.21. The highest BCUT2D eigenvalue weighted by Gasteiger charge is 2.58. The van der Waals surface area contributed by atoms with Crippen LogP contribution < -0.4 is 0 Å². The molecule has 4 heteroatoms. The van der Waals surface area contributed by atoms with Crippen LogP contribution in [0.5, 0.6) is 0 Å². The Labute approximate surface area is 176 Å². The summed E-state index contributed by atoms with van der Waals surface area (Å²) in [5, 5.41) is 13.2. The molecule has 0 aliphatic heterocycles. The third kappa shape index (κ3) is 3.16. The first-order chi connectivity index (χ1) is 14.0. The summed E-state index contributed by atoms with van der Waals surface area (Å²) in [4.78, 5) is 13.3. The topological polar surface area (TPSA) is 58.7 Å². The molecule has 29 heavy (non-hydrogen) atoms. The number of hydrogen-bond acceptors (Lipinski definition) is 3. The number of carbonyl (C=O) groups is 1. The van der Waals surface area contributed by atoms with Gasteiger partial charge in [-0.3, -0.25) is 9.48 Å². The first kappa shape index (κ1) is 19.3. The minimum atomic E-state index is 0. The van der Waals surface area contributed by atoms with Crippen molar-refractivity contribution in [3.05, 3.63) is 18.0 Å². The molecule has 158 valence electrons. The summed E-state index contributed by atoms with van der Waals surface area (Å²) in [6.07, 6.45) is 15.3. The molecule has 4 saturated carbocycles. The van der Waals surface area contributed by atoms with Crippen LogP contribution in [0.15, 0.2) is 12.4 Å². The third-order valence-corrected chi connectivity index (χ3v) is 9.69. The van der Waals surface area contributed by atoms with Gasteiger partial charge in [0.25, 0.3) is 0 Å². The van der Waals surface area contributed by atoms with Crippen LogP contribution in [0.2, 0.25) is 0 Å². The molecule has 0 spiro atoms. The van der Waals surface area contributed by atoms with Crippen molar-refractivity contribution in [2.75, 3.05) is 0 Å². The zero-order chi connectivity index (χ0) is 20.2. The second-order valence-corrected chi connectivity index (χ2v) is 11.0. The summed E-state index contributed by atoms with van der Waals surface area (Å²) < 4.78 is 1.66. The second kappa shape index (κ2) is 7.25. The Morgan fingerprint density at radius 3 is 2.83 bits per heavy atom. The summed E-state index contributed by atoms with van der Waals surface area (Å²) in [7, 11) is 0. The van der Waals surface area contributed by atoms with Gasteiger partial charge in [-0.2, -0.15) is 10.4 Å². The number of ketones is 1. The molecule has 8 atom stereocenters. The normalized spacial score (nSPS) is 43.7. The number of fused-ring (bicyclic) bond motifs is 5. The van der Waals surface area contributed by atoms with Gasteiger partial charge in [-0.15, -0.1) is 0 Å². The maximum atomic E-state index is 13.3. The molecule has 5 rings (SSSR count). The van der Waals surface area contributed by atoms with Gasteiger partial charge in [0, 0.05) is 13.5 Å². The molecule has 0 N–H and O–H groups in total.